The number of piperidine rings is 1. The number of hydrogen-bond donors (Lipinski definition) is 2. The Hall–Kier alpha value is -1.76. The molecule has 1 aliphatic rings. The maximum absolute atomic E-state index is 11.7. The molecule has 0 unspecified atom stereocenters. The Balaban J connectivity index is 2.21. The molecule has 1 heterocycles. The number of anilines is 2. The van der Waals surface area contributed by atoms with Crippen LogP contribution in [0.15, 0.2) is 24.3 Å². The minimum absolute atomic E-state index is 0.440. The smallest absolute Gasteiger partial charge is 0.320 e. The second kappa shape index (κ2) is 6.13. The van der Waals surface area contributed by atoms with Crippen molar-refractivity contribution in [2.45, 2.75) is 19.3 Å². The van der Waals surface area contributed by atoms with Crippen LogP contribution in [0.5, 0.6) is 0 Å². The maximum Gasteiger partial charge on any atom is 0.320 e. The van der Waals surface area contributed by atoms with Gasteiger partial charge >= 0.3 is 5.97 Å². The van der Waals surface area contributed by atoms with Crippen LogP contribution < -0.4 is 9.62 Å². The summed E-state index contributed by atoms with van der Waals surface area (Å²) < 4.78 is 25.8. The fourth-order valence-electron chi connectivity index (χ4n) is 2.34. The molecule has 7 heteroatoms. The molecular weight excluding hydrogens is 280 g/mol. The number of carboxylic acids is 1. The van der Waals surface area contributed by atoms with Gasteiger partial charge in [-0.25, -0.2) is 8.42 Å². The van der Waals surface area contributed by atoms with Crippen molar-refractivity contribution in [2.24, 2.45) is 0 Å². The number of para-hydroxylation sites is 2. The number of sulfonamides is 1. The van der Waals surface area contributed by atoms with Crippen LogP contribution in [0.2, 0.25) is 0 Å². The SMILES string of the molecule is O=C(O)CS(=O)(=O)Nc1ccccc1N1CCCCC1. The second-order valence-electron chi connectivity index (χ2n) is 4.82. The Morgan fingerprint density at radius 1 is 1.20 bits per heavy atom. The van der Waals surface area contributed by atoms with E-state index >= 15 is 0 Å². The van der Waals surface area contributed by atoms with Crippen LogP contribution in [0.3, 0.4) is 0 Å². The fourth-order valence-corrected chi connectivity index (χ4v) is 3.24. The molecule has 1 aromatic carbocycles. The van der Waals surface area contributed by atoms with Gasteiger partial charge < -0.3 is 10.0 Å². The zero-order valence-electron chi connectivity index (χ0n) is 11.1. The van der Waals surface area contributed by atoms with Crippen LogP contribution in [0.4, 0.5) is 11.4 Å². The molecule has 1 fully saturated rings. The summed E-state index contributed by atoms with van der Waals surface area (Å²) in [4.78, 5) is 12.7. The van der Waals surface area contributed by atoms with E-state index < -0.39 is 21.7 Å². The molecule has 0 saturated carbocycles. The van der Waals surface area contributed by atoms with E-state index in [9.17, 15) is 13.2 Å². The van der Waals surface area contributed by atoms with Gasteiger partial charge in [-0.1, -0.05) is 12.1 Å². The fraction of sp³-hybridized carbons (Fsp3) is 0.462. The van der Waals surface area contributed by atoms with E-state index in [2.05, 4.69) is 9.62 Å². The zero-order valence-corrected chi connectivity index (χ0v) is 11.9. The molecule has 0 amide bonds. The molecule has 0 aromatic heterocycles. The second-order valence-corrected chi connectivity index (χ2v) is 6.54. The molecule has 1 aromatic rings. The van der Waals surface area contributed by atoms with Crippen molar-refractivity contribution in [2.75, 3.05) is 28.5 Å². The number of hydrogen-bond acceptors (Lipinski definition) is 4. The summed E-state index contributed by atoms with van der Waals surface area (Å²) in [5.74, 6) is -2.30. The highest BCUT2D eigenvalue weighted by molar-refractivity contribution is 7.93. The number of carbonyl (C=O) groups is 1. The number of aliphatic carboxylic acids is 1. The molecule has 0 aliphatic carbocycles. The highest BCUT2D eigenvalue weighted by Crippen LogP contribution is 2.28. The third kappa shape index (κ3) is 3.86. The highest BCUT2D eigenvalue weighted by atomic mass is 32.2. The maximum atomic E-state index is 11.7. The average Bonchev–Trinajstić information content (AvgIpc) is 2.38. The van der Waals surface area contributed by atoms with Gasteiger partial charge in [-0.05, 0) is 31.4 Å². The Bertz CT molecular complexity index is 580. The molecule has 0 atom stereocenters. The van der Waals surface area contributed by atoms with E-state index in [0.29, 0.717) is 5.69 Å². The van der Waals surface area contributed by atoms with Gasteiger partial charge in [0, 0.05) is 13.1 Å². The summed E-state index contributed by atoms with van der Waals surface area (Å²) in [5.41, 5.74) is 1.25. The minimum Gasteiger partial charge on any atom is -0.480 e. The summed E-state index contributed by atoms with van der Waals surface area (Å²) >= 11 is 0. The van der Waals surface area contributed by atoms with Crippen molar-refractivity contribution in [3.8, 4) is 0 Å². The van der Waals surface area contributed by atoms with Crippen molar-refractivity contribution in [3.05, 3.63) is 24.3 Å². The number of rotatable bonds is 5. The first-order chi connectivity index (χ1) is 9.48. The third-order valence-corrected chi connectivity index (χ3v) is 4.34. The van der Waals surface area contributed by atoms with Gasteiger partial charge in [0.25, 0.3) is 0 Å². The lowest BCUT2D eigenvalue weighted by Crippen LogP contribution is -2.31. The van der Waals surface area contributed by atoms with E-state index in [1.807, 2.05) is 12.1 Å². The van der Waals surface area contributed by atoms with Crippen LogP contribution in [0.1, 0.15) is 19.3 Å². The first-order valence-corrected chi connectivity index (χ1v) is 8.19. The van der Waals surface area contributed by atoms with Gasteiger partial charge in [-0.3, -0.25) is 9.52 Å². The lowest BCUT2D eigenvalue weighted by atomic mass is 10.1. The first-order valence-electron chi connectivity index (χ1n) is 6.54. The van der Waals surface area contributed by atoms with E-state index in [4.69, 9.17) is 5.11 Å². The predicted octanol–water partition coefficient (Wildman–Crippen LogP) is 1.50. The van der Waals surface area contributed by atoms with Crippen molar-refractivity contribution in [3.63, 3.8) is 0 Å². The van der Waals surface area contributed by atoms with Crippen LogP contribution in [0.25, 0.3) is 0 Å². The van der Waals surface area contributed by atoms with Crippen LogP contribution in [-0.2, 0) is 14.8 Å². The summed E-state index contributed by atoms with van der Waals surface area (Å²) in [5, 5.41) is 8.62. The molecule has 0 spiro atoms. The summed E-state index contributed by atoms with van der Waals surface area (Å²) in [6, 6.07) is 7.08. The van der Waals surface area contributed by atoms with Gasteiger partial charge in [0.1, 0.15) is 0 Å². The molecule has 110 valence electrons. The number of carboxylic acid groups (broad SMARTS) is 1. The third-order valence-electron chi connectivity index (χ3n) is 3.18. The molecular formula is C13H18N2O4S. The lowest BCUT2D eigenvalue weighted by Gasteiger charge is -2.30. The standard InChI is InChI=1S/C13H18N2O4S/c16-13(17)10-20(18,19)14-11-6-2-3-7-12(11)15-8-4-1-5-9-15/h2-3,6-7,14H,1,4-5,8-10H2,(H,16,17). The van der Waals surface area contributed by atoms with Crippen molar-refractivity contribution in [1.82, 2.24) is 0 Å². The van der Waals surface area contributed by atoms with Crippen molar-refractivity contribution in [1.29, 1.82) is 0 Å². The topological polar surface area (TPSA) is 86.7 Å². The average molecular weight is 298 g/mol. The molecule has 20 heavy (non-hydrogen) atoms. The van der Waals surface area contributed by atoms with Gasteiger partial charge in [0.05, 0.1) is 11.4 Å². The monoisotopic (exact) mass is 298 g/mol. The Kier molecular flexibility index (Phi) is 4.49. The van der Waals surface area contributed by atoms with Crippen LogP contribution in [-0.4, -0.2) is 38.3 Å². The molecule has 1 saturated heterocycles. The summed E-state index contributed by atoms with van der Waals surface area (Å²) in [6.07, 6.45) is 3.34. The van der Waals surface area contributed by atoms with Crippen molar-refractivity contribution < 1.29 is 18.3 Å². The van der Waals surface area contributed by atoms with Gasteiger partial charge in [-0.15, -0.1) is 0 Å². The normalized spacial score (nSPS) is 15.9. The predicted molar refractivity (Wildman–Crippen MR) is 77.6 cm³/mol. The molecule has 2 rings (SSSR count). The highest BCUT2D eigenvalue weighted by Gasteiger charge is 2.19. The first kappa shape index (κ1) is 14.6. The molecule has 6 nitrogen and oxygen atoms in total. The molecule has 0 radical (unpaired) electrons. The van der Waals surface area contributed by atoms with Crippen LogP contribution >= 0.6 is 0 Å². The number of nitrogens with one attached hydrogen (secondary N) is 1. The van der Waals surface area contributed by atoms with E-state index in [-0.39, 0.29) is 0 Å². The molecule has 1 aliphatic heterocycles. The van der Waals surface area contributed by atoms with E-state index in [1.54, 1.807) is 12.1 Å². The van der Waals surface area contributed by atoms with Crippen LogP contribution in [0, 0.1) is 0 Å². The molecule has 0 bridgehead atoms. The number of nitrogens with zero attached hydrogens (tertiary/aromatic N) is 1. The quantitative estimate of drug-likeness (QED) is 0.860. The number of benzene rings is 1. The largest absolute Gasteiger partial charge is 0.480 e. The van der Waals surface area contributed by atoms with Crippen molar-refractivity contribution >= 4 is 27.4 Å². The summed E-state index contributed by atoms with van der Waals surface area (Å²) in [7, 11) is -3.87. The Morgan fingerprint density at radius 3 is 2.50 bits per heavy atom. The Labute approximate surface area is 118 Å². The zero-order chi connectivity index (χ0) is 14.6. The Morgan fingerprint density at radius 2 is 1.85 bits per heavy atom. The van der Waals surface area contributed by atoms with Gasteiger partial charge in [-0.2, -0.15) is 0 Å². The molecule has 2 N–H and O–H groups in total. The van der Waals surface area contributed by atoms with Gasteiger partial charge in [0.2, 0.25) is 10.0 Å². The lowest BCUT2D eigenvalue weighted by molar-refractivity contribution is -0.134. The van der Waals surface area contributed by atoms with E-state index in [1.165, 1.54) is 6.42 Å². The van der Waals surface area contributed by atoms with E-state index in [0.717, 1.165) is 31.6 Å². The minimum atomic E-state index is -3.87. The van der Waals surface area contributed by atoms with Gasteiger partial charge in [0.15, 0.2) is 5.75 Å². The summed E-state index contributed by atoms with van der Waals surface area (Å²) in [6.45, 7) is 1.77.